The number of rotatable bonds is 2. The average Bonchev–Trinajstić information content (AvgIpc) is 2.17. The van der Waals surface area contributed by atoms with Crippen molar-refractivity contribution in [3.05, 3.63) is 33.9 Å². The minimum absolute atomic E-state index is 0.323. The fourth-order valence-electron chi connectivity index (χ4n) is 1.14. The molecule has 0 aliphatic carbocycles. The maximum Gasteiger partial charge on any atom is 0.311 e. The third-order valence-electron chi connectivity index (χ3n) is 2.25. The van der Waals surface area contributed by atoms with Gasteiger partial charge in [-0.05, 0) is 25.5 Å². The molecule has 78 valence electrons. The number of nitro benzene ring substituents is 1. The Hall–Kier alpha value is -2.02. The monoisotopic (exact) mass is 205 g/mol. The minimum atomic E-state index is -0.634. The van der Waals surface area contributed by atoms with Crippen LogP contribution in [0.1, 0.15) is 19.4 Å². The molecule has 0 spiro atoms. The molecule has 1 aromatic rings. The van der Waals surface area contributed by atoms with Crippen molar-refractivity contribution in [3.8, 4) is 18.1 Å². The van der Waals surface area contributed by atoms with Gasteiger partial charge in [-0.3, -0.25) is 10.1 Å². The van der Waals surface area contributed by atoms with E-state index >= 15 is 0 Å². The van der Waals surface area contributed by atoms with Crippen molar-refractivity contribution in [1.29, 1.82) is 0 Å². The van der Waals surface area contributed by atoms with Crippen LogP contribution in [0, 0.1) is 22.5 Å². The van der Waals surface area contributed by atoms with Gasteiger partial charge in [0.15, 0.2) is 5.75 Å². The van der Waals surface area contributed by atoms with Gasteiger partial charge in [0, 0.05) is 6.07 Å². The van der Waals surface area contributed by atoms with Crippen molar-refractivity contribution in [2.75, 3.05) is 0 Å². The Morgan fingerprint density at radius 2 is 2.13 bits per heavy atom. The van der Waals surface area contributed by atoms with E-state index in [0.29, 0.717) is 5.56 Å². The van der Waals surface area contributed by atoms with E-state index in [2.05, 4.69) is 5.92 Å². The van der Waals surface area contributed by atoms with Crippen molar-refractivity contribution in [2.45, 2.75) is 19.3 Å². The number of nitro groups is 1. The predicted molar refractivity (Wildman–Crippen MR) is 56.6 cm³/mol. The third-order valence-corrected chi connectivity index (χ3v) is 2.25. The van der Waals surface area contributed by atoms with Crippen LogP contribution in [0.2, 0.25) is 0 Å². The highest BCUT2D eigenvalue weighted by Gasteiger charge is 2.22. The molecule has 0 atom stereocenters. The van der Waals surface area contributed by atoms with Crippen LogP contribution < -0.4 is 0 Å². The second-order valence-corrected chi connectivity index (χ2v) is 3.73. The number of hydrogen-bond acceptors (Lipinski definition) is 3. The summed E-state index contributed by atoms with van der Waals surface area (Å²) in [6.45, 7) is 3.56. The van der Waals surface area contributed by atoms with E-state index in [-0.39, 0.29) is 11.4 Å². The van der Waals surface area contributed by atoms with Gasteiger partial charge in [0.1, 0.15) is 0 Å². The number of terminal acetylenes is 1. The number of phenolic OH excluding ortho intramolecular Hbond substituents is 1. The largest absolute Gasteiger partial charge is 0.502 e. The summed E-state index contributed by atoms with van der Waals surface area (Å²) in [5.74, 6) is 2.19. The summed E-state index contributed by atoms with van der Waals surface area (Å²) in [5.41, 5.74) is -0.274. The maximum absolute atomic E-state index is 10.6. The van der Waals surface area contributed by atoms with Gasteiger partial charge in [-0.2, -0.15) is 0 Å². The van der Waals surface area contributed by atoms with E-state index in [1.54, 1.807) is 19.9 Å². The number of nitrogens with zero attached hydrogens (tertiary/aromatic N) is 1. The Balaban J connectivity index is 3.33. The first-order chi connectivity index (χ1) is 6.88. The molecule has 0 aliphatic rings. The van der Waals surface area contributed by atoms with E-state index in [1.807, 2.05) is 0 Å². The quantitative estimate of drug-likeness (QED) is 0.457. The first kappa shape index (κ1) is 11.1. The first-order valence-electron chi connectivity index (χ1n) is 4.34. The van der Waals surface area contributed by atoms with Crippen LogP contribution in [-0.4, -0.2) is 10.0 Å². The van der Waals surface area contributed by atoms with Gasteiger partial charge < -0.3 is 5.11 Å². The Kier molecular flexibility index (Phi) is 2.67. The molecule has 0 aromatic heterocycles. The SMILES string of the molecule is C#CC(C)(C)c1ccc(O)c([N+](=O)[O-])c1. The molecule has 0 fully saturated rings. The Morgan fingerprint density at radius 3 is 2.60 bits per heavy atom. The standard InChI is InChI=1S/C11H11NO3/c1-4-11(2,3)8-5-6-10(13)9(7-8)12(14)15/h1,5-7,13H,2-3H3. The van der Waals surface area contributed by atoms with Crippen LogP contribution >= 0.6 is 0 Å². The molecule has 4 heteroatoms. The van der Waals surface area contributed by atoms with Gasteiger partial charge in [0.05, 0.1) is 10.3 Å². The van der Waals surface area contributed by atoms with Crippen molar-refractivity contribution in [2.24, 2.45) is 0 Å². The predicted octanol–water partition coefficient (Wildman–Crippen LogP) is 2.21. The van der Waals surface area contributed by atoms with E-state index < -0.39 is 10.3 Å². The summed E-state index contributed by atoms with van der Waals surface area (Å²) >= 11 is 0. The van der Waals surface area contributed by atoms with Crippen LogP contribution in [0.25, 0.3) is 0 Å². The summed E-state index contributed by atoms with van der Waals surface area (Å²) in [6.07, 6.45) is 5.32. The van der Waals surface area contributed by atoms with E-state index in [4.69, 9.17) is 6.42 Å². The lowest BCUT2D eigenvalue weighted by molar-refractivity contribution is -0.385. The molecule has 0 heterocycles. The summed E-state index contributed by atoms with van der Waals surface area (Å²) in [4.78, 5) is 9.95. The molecule has 0 unspecified atom stereocenters. The zero-order valence-corrected chi connectivity index (χ0v) is 8.52. The lowest BCUT2D eigenvalue weighted by Gasteiger charge is -2.17. The fraction of sp³-hybridized carbons (Fsp3) is 0.273. The minimum Gasteiger partial charge on any atom is -0.502 e. The molecule has 1 aromatic carbocycles. The molecule has 0 aliphatic heterocycles. The van der Waals surface area contributed by atoms with Crippen molar-refractivity contribution in [1.82, 2.24) is 0 Å². The summed E-state index contributed by atoms with van der Waals surface area (Å²) in [7, 11) is 0. The van der Waals surface area contributed by atoms with Crippen LogP contribution in [0.15, 0.2) is 18.2 Å². The molecular formula is C11H11NO3. The van der Waals surface area contributed by atoms with Crippen LogP contribution in [0.5, 0.6) is 5.75 Å². The Labute approximate surface area is 87.7 Å². The molecule has 0 bridgehead atoms. The molecule has 1 rings (SSSR count). The zero-order chi connectivity index (χ0) is 11.6. The van der Waals surface area contributed by atoms with Crippen LogP contribution in [-0.2, 0) is 5.41 Å². The van der Waals surface area contributed by atoms with Crippen molar-refractivity contribution in [3.63, 3.8) is 0 Å². The number of phenols is 1. The molecule has 0 saturated heterocycles. The van der Waals surface area contributed by atoms with Gasteiger partial charge in [-0.25, -0.2) is 0 Å². The molecule has 1 N–H and O–H groups in total. The van der Waals surface area contributed by atoms with Gasteiger partial charge in [-0.15, -0.1) is 6.42 Å². The Morgan fingerprint density at radius 1 is 1.53 bits per heavy atom. The smallest absolute Gasteiger partial charge is 0.311 e. The highest BCUT2D eigenvalue weighted by atomic mass is 16.6. The van der Waals surface area contributed by atoms with Gasteiger partial charge >= 0.3 is 5.69 Å². The summed E-state index contributed by atoms with van der Waals surface area (Å²) in [6, 6.07) is 4.17. The number of benzene rings is 1. The maximum atomic E-state index is 10.6. The molecule has 4 nitrogen and oxygen atoms in total. The van der Waals surface area contributed by atoms with Crippen LogP contribution in [0.4, 0.5) is 5.69 Å². The molecule has 15 heavy (non-hydrogen) atoms. The highest BCUT2D eigenvalue weighted by Crippen LogP contribution is 2.31. The van der Waals surface area contributed by atoms with Gasteiger partial charge in [-0.1, -0.05) is 12.0 Å². The van der Waals surface area contributed by atoms with E-state index in [0.717, 1.165) is 0 Å². The lowest BCUT2D eigenvalue weighted by atomic mass is 9.85. The molecule has 0 amide bonds. The summed E-state index contributed by atoms with van der Waals surface area (Å²) < 4.78 is 0. The molecule has 0 radical (unpaired) electrons. The zero-order valence-electron chi connectivity index (χ0n) is 8.52. The number of aromatic hydroxyl groups is 1. The van der Waals surface area contributed by atoms with Crippen molar-refractivity contribution >= 4 is 5.69 Å². The Bertz CT molecular complexity index is 444. The second-order valence-electron chi connectivity index (χ2n) is 3.73. The topological polar surface area (TPSA) is 63.4 Å². The fourth-order valence-corrected chi connectivity index (χ4v) is 1.14. The molecular weight excluding hydrogens is 194 g/mol. The van der Waals surface area contributed by atoms with E-state index in [9.17, 15) is 15.2 Å². The first-order valence-corrected chi connectivity index (χ1v) is 4.34. The lowest BCUT2D eigenvalue weighted by Crippen LogP contribution is -2.13. The normalized spacial score (nSPS) is 10.7. The van der Waals surface area contributed by atoms with E-state index in [1.165, 1.54) is 12.1 Å². The van der Waals surface area contributed by atoms with Crippen LogP contribution in [0.3, 0.4) is 0 Å². The summed E-state index contributed by atoms with van der Waals surface area (Å²) in [5, 5.41) is 19.8. The highest BCUT2D eigenvalue weighted by molar-refractivity contribution is 5.50. The third kappa shape index (κ3) is 2.08. The van der Waals surface area contributed by atoms with Gasteiger partial charge in [0.25, 0.3) is 0 Å². The average molecular weight is 205 g/mol. The molecule has 0 saturated carbocycles. The number of hydrogen-bond donors (Lipinski definition) is 1. The van der Waals surface area contributed by atoms with Gasteiger partial charge in [0.2, 0.25) is 0 Å². The van der Waals surface area contributed by atoms with Crippen molar-refractivity contribution < 1.29 is 10.0 Å². The second kappa shape index (κ2) is 3.62.